The lowest BCUT2D eigenvalue weighted by Gasteiger charge is -2.15. The van der Waals surface area contributed by atoms with Gasteiger partial charge < -0.3 is 10.5 Å². The van der Waals surface area contributed by atoms with Crippen LogP contribution in [-0.2, 0) is 6.42 Å². The summed E-state index contributed by atoms with van der Waals surface area (Å²) < 4.78 is 6.34. The van der Waals surface area contributed by atoms with E-state index in [0.717, 1.165) is 27.4 Å². The zero-order chi connectivity index (χ0) is 11.8. The van der Waals surface area contributed by atoms with E-state index in [1.807, 2.05) is 32.0 Å². The Bertz CT molecular complexity index is 499. The molecule has 2 N–H and O–H groups in total. The Labute approximate surface area is 99.3 Å². The van der Waals surface area contributed by atoms with E-state index in [-0.39, 0.29) is 5.54 Å². The Kier molecular flexibility index (Phi) is 2.86. The van der Waals surface area contributed by atoms with Gasteiger partial charge in [0.1, 0.15) is 5.75 Å². The zero-order valence-electron chi connectivity index (χ0n) is 9.78. The van der Waals surface area contributed by atoms with E-state index in [1.165, 1.54) is 0 Å². The van der Waals surface area contributed by atoms with Crippen molar-refractivity contribution in [1.82, 2.24) is 4.98 Å². The highest BCUT2D eigenvalue weighted by atomic mass is 32.1. The molecular formula is C12H16N2OS. The summed E-state index contributed by atoms with van der Waals surface area (Å²) in [6, 6.07) is 5.93. The number of rotatable bonds is 3. The minimum Gasteiger partial charge on any atom is -0.497 e. The third-order valence-electron chi connectivity index (χ3n) is 2.25. The summed E-state index contributed by atoms with van der Waals surface area (Å²) in [5.74, 6) is 0.870. The second kappa shape index (κ2) is 4.03. The number of ether oxygens (including phenoxy) is 1. The van der Waals surface area contributed by atoms with Crippen LogP contribution in [0.3, 0.4) is 0 Å². The van der Waals surface area contributed by atoms with Crippen molar-refractivity contribution >= 4 is 21.6 Å². The van der Waals surface area contributed by atoms with Gasteiger partial charge >= 0.3 is 0 Å². The minimum absolute atomic E-state index is 0.210. The summed E-state index contributed by atoms with van der Waals surface area (Å²) in [6.07, 6.45) is 0.800. The van der Waals surface area contributed by atoms with Crippen molar-refractivity contribution in [2.45, 2.75) is 25.8 Å². The smallest absolute Gasteiger partial charge is 0.120 e. The summed E-state index contributed by atoms with van der Waals surface area (Å²) in [5.41, 5.74) is 6.80. The van der Waals surface area contributed by atoms with Gasteiger partial charge in [0, 0.05) is 12.0 Å². The standard InChI is InChI=1S/C12H16N2OS/c1-12(2,13)7-11-14-9-5-4-8(15-3)6-10(9)16-11/h4-6H,7,13H2,1-3H3. The summed E-state index contributed by atoms with van der Waals surface area (Å²) in [5, 5.41) is 1.08. The van der Waals surface area contributed by atoms with E-state index in [2.05, 4.69) is 4.98 Å². The highest BCUT2D eigenvalue weighted by Crippen LogP contribution is 2.27. The number of hydrogen-bond acceptors (Lipinski definition) is 4. The molecule has 0 atom stereocenters. The minimum atomic E-state index is -0.210. The molecule has 1 heterocycles. The van der Waals surface area contributed by atoms with Gasteiger partial charge in [0.05, 0.1) is 22.3 Å². The molecule has 0 bridgehead atoms. The van der Waals surface area contributed by atoms with Crippen LogP contribution in [-0.4, -0.2) is 17.6 Å². The molecule has 16 heavy (non-hydrogen) atoms. The third kappa shape index (κ3) is 2.51. The van der Waals surface area contributed by atoms with Gasteiger partial charge in [-0.3, -0.25) is 0 Å². The molecule has 2 aromatic rings. The number of thiazole rings is 1. The number of fused-ring (bicyclic) bond motifs is 1. The van der Waals surface area contributed by atoms with E-state index in [4.69, 9.17) is 10.5 Å². The van der Waals surface area contributed by atoms with Crippen molar-refractivity contribution in [2.24, 2.45) is 5.73 Å². The fraction of sp³-hybridized carbons (Fsp3) is 0.417. The first kappa shape index (κ1) is 11.4. The van der Waals surface area contributed by atoms with Crippen LogP contribution >= 0.6 is 11.3 Å². The first-order valence-corrected chi connectivity index (χ1v) is 6.02. The fourth-order valence-electron chi connectivity index (χ4n) is 1.55. The summed E-state index contributed by atoms with van der Waals surface area (Å²) in [6.45, 7) is 4.03. The van der Waals surface area contributed by atoms with Gasteiger partial charge in [0.15, 0.2) is 0 Å². The van der Waals surface area contributed by atoms with Crippen molar-refractivity contribution < 1.29 is 4.74 Å². The van der Waals surface area contributed by atoms with Crippen molar-refractivity contribution in [2.75, 3.05) is 7.11 Å². The second-order valence-electron chi connectivity index (χ2n) is 4.61. The maximum atomic E-state index is 5.99. The van der Waals surface area contributed by atoms with Gasteiger partial charge in [0.25, 0.3) is 0 Å². The van der Waals surface area contributed by atoms with Crippen LogP contribution in [0.4, 0.5) is 0 Å². The maximum absolute atomic E-state index is 5.99. The SMILES string of the molecule is COc1ccc2nc(CC(C)(C)N)sc2c1. The predicted molar refractivity (Wildman–Crippen MR) is 68.1 cm³/mol. The molecule has 0 spiro atoms. The highest BCUT2D eigenvalue weighted by molar-refractivity contribution is 7.18. The number of benzene rings is 1. The van der Waals surface area contributed by atoms with Crippen LogP contribution in [0.25, 0.3) is 10.2 Å². The van der Waals surface area contributed by atoms with Crippen LogP contribution in [0.2, 0.25) is 0 Å². The molecule has 0 unspecified atom stereocenters. The molecule has 0 amide bonds. The normalized spacial score (nSPS) is 12.0. The zero-order valence-corrected chi connectivity index (χ0v) is 10.6. The van der Waals surface area contributed by atoms with Gasteiger partial charge in [-0.25, -0.2) is 4.98 Å². The van der Waals surface area contributed by atoms with Crippen molar-refractivity contribution in [1.29, 1.82) is 0 Å². The lowest BCUT2D eigenvalue weighted by molar-refractivity contribution is 0.415. The van der Waals surface area contributed by atoms with Crippen molar-refractivity contribution in [3.05, 3.63) is 23.2 Å². The van der Waals surface area contributed by atoms with Crippen molar-refractivity contribution in [3.63, 3.8) is 0 Å². The summed E-state index contributed by atoms with van der Waals surface area (Å²) >= 11 is 1.68. The van der Waals surface area contributed by atoms with E-state index < -0.39 is 0 Å². The maximum Gasteiger partial charge on any atom is 0.120 e. The van der Waals surface area contributed by atoms with Crippen LogP contribution in [0.15, 0.2) is 18.2 Å². The Morgan fingerprint density at radius 3 is 2.81 bits per heavy atom. The molecule has 2 rings (SSSR count). The Morgan fingerprint density at radius 2 is 2.19 bits per heavy atom. The molecule has 0 radical (unpaired) electrons. The number of nitrogens with zero attached hydrogens (tertiary/aromatic N) is 1. The number of nitrogens with two attached hydrogens (primary N) is 1. The Balaban J connectivity index is 2.36. The molecule has 3 nitrogen and oxygen atoms in total. The van der Waals surface area contributed by atoms with Crippen LogP contribution in [0.5, 0.6) is 5.75 Å². The topological polar surface area (TPSA) is 48.1 Å². The molecule has 4 heteroatoms. The molecule has 1 aromatic heterocycles. The predicted octanol–water partition coefficient (Wildman–Crippen LogP) is 2.58. The van der Waals surface area contributed by atoms with E-state index in [0.29, 0.717) is 0 Å². The molecule has 0 aliphatic heterocycles. The Morgan fingerprint density at radius 1 is 1.44 bits per heavy atom. The molecule has 0 aliphatic rings. The molecule has 0 aliphatic carbocycles. The van der Waals surface area contributed by atoms with E-state index >= 15 is 0 Å². The first-order valence-electron chi connectivity index (χ1n) is 5.20. The largest absolute Gasteiger partial charge is 0.497 e. The van der Waals surface area contributed by atoms with E-state index in [1.54, 1.807) is 18.4 Å². The van der Waals surface area contributed by atoms with Gasteiger partial charge in [-0.1, -0.05) is 0 Å². The average molecular weight is 236 g/mol. The second-order valence-corrected chi connectivity index (χ2v) is 5.72. The van der Waals surface area contributed by atoms with Crippen LogP contribution in [0, 0.1) is 0 Å². The average Bonchev–Trinajstić information content (AvgIpc) is 2.55. The summed E-state index contributed by atoms with van der Waals surface area (Å²) in [7, 11) is 1.67. The van der Waals surface area contributed by atoms with Crippen LogP contribution in [0.1, 0.15) is 18.9 Å². The number of methoxy groups -OCH3 is 1. The Hall–Kier alpha value is -1.13. The fourth-order valence-corrected chi connectivity index (χ4v) is 2.78. The molecule has 1 aromatic carbocycles. The van der Waals surface area contributed by atoms with Gasteiger partial charge in [-0.05, 0) is 32.0 Å². The first-order chi connectivity index (χ1) is 7.48. The van der Waals surface area contributed by atoms with Gasteiger partial charge in [0.2, 0.25) is 0 Å². The van der Waals surface area contributed by atoms with Crippen molar-refractivity contribution in [3.8, 4) is 5.75 Å². The lowest BCUT2D eigenvalue weighted by atomic mass is 10.0. The third-order valence-corrected chi connectivity index (χ3v) is 3.26. The van der Waals surface area contributed by atoms with Crippen LogP contribution < -0.4 is 10.5 Å². The molecule has 0 fully saturated rings. The quantitative estimate of drug-likeness (QED) is 0.891. The monoisotopic (exact) mass is 236 g/mol. The molecule has 86 valence electrons. The highest BCUT2D eigenvalue weighted by Gasteiger charge is 2.15. The van der Waals surface area contributed by atoms with E-state index in [9.17, 15) is 0 Å². The van der Waals surface area contributed by atoms with Gasteiger partial charge in [-0.2, -0.15) is 0 Å². The lowest BCUT2D eigenvalue weighted by Crippen LogP contribution is -2.34. The van der Waals surface area contributed by atoms with Gasteiger partial charge in [-0.15, -0.1) is 11.3 Å². The summed E-state index contributed by atoms with van der Waals surface area (Å²) in [4.78, 5) is 4.56. The molecular weight excluding hydrogens is 220 g/mol. The molecule has 0 saturated carbocycles. The number of hydrogen-bond donors (Lipinski definition) is 1. The number of aromatic nitrogens is 1. The molecule has 0 saturated heterocycles.